The lowest BCUT2D eigenvalue weighted by molar-refractivity contribution is 0.623. The highest BCUT2D eigenvalue weighted by molar-refractivity contribution is 5.47. The van der Waals surface area contributed by atoms with Crippen LogP contribution < -0.4 is 5.32 Å². The molecule has 92 valence electrons. The lowest BCUT2D eigenvalue weighted by atomic mass is 10.2. The maximum atomic E-state index is 13.3. The third kappa shape index (κ3) is 3.08. The van der Waals surface area contributed by atoms with Gasteiger partial charge >= 0.3 is 0 Å². The van der Waals surface area contributed by atoms with Crippen molar-refractivity contribution >= 4 is 5.69 Å². The van der Waals surface area contributed by atoms with Crippen LogP contribution in [0.1, 0.15) is 12.0 Å². The minimum Gasteiger partial charge on any atom is -0.385 e. The fraction of sp³-hybridized carbons (Fsp3) is 0.231. The van der Waals surface area contributed by atoms with E-state index in [-0.39, 0.29) is 5.56 Å². The van der Waals surface area contributed by atoms with Gasteiger partial charge in [-0.1, -0.05) is 0 Å². The van der Waals surface area contributed by atoms with Crippen LogP contribution in [0.5, 0.6) is 0 Å². The van der Waals surface area contributed by atoms with E-state index in [0.29, 0.717) is 5.69 Å². The SMILES string of the molecule is N#Cc1ccc(NCCCn2ccnc2)cc1F. The predicted molar refractivity (Wildman–Crippen MR) is 66.4 cm³/mol. The summed E-state index contributed by atoms with van der Waals surface area (Å²) < 4.78 is 15.3. The minimum absolute atomic E-state index is 0.0685. The summed E-state index contributed by atoms with van der Waals surface area (Å²) in [5.41, 5.74) is 0.760. The van der Waals surface area contributed by atoms with E-state index >= 15 is 0 Å². The van der Waals surface area contributed by atoms with Crippen LogP contribution in [0.25, 0.3) is 0 Å². The molecule has 0 spiro atoms. The topological polar surface area (TPSA) is 53.6 Å². The largest absolute Gasteiger partial charge is 0.385 e. The van der Waals surface area contributed by atoms with E-state index in [1.807, 2.05) is 10.8 Å². The number of aromatic nitrogens is 2. The Morgan fingerprint density at radius 3 is 3.00 bits per heavy atom. The Morgan fingerprint density at radius 1 is 1.44 bits per heavy atom. The molecule has 0 radical (unpaired) electrons. The number of nitriles is 1. The van der Waals surface area contributed by atoms with Crippen LogP contribution in [-0.4, -0.2) is 16.1 Å². The van der Waals surface area contributed by atoms with E-state index < -0.39 is 5.82 Å². The van der Waals surface area contributed by atoms with Gasteiger partial charge in [0.15, 0.2) is 0 Å². The first-order chi connectivity index (χ1) is 8.79. The molecule has 2 aromatic rings. The summed E-state index contributed by atoms with van der Waals surface area (Å²) in [4.78, 5) is 3.95. The first kappa shape index (κ1) is 12.1. The number of nitrogens with zero attached hydrogens (tertiary/aromatic N) is 3. The zero-order valence-electron chi connectivity index (χ0n) is 9.81. The van der Waals surface area contributed by atoms with Crippen LogP contribution in [0.15, 0.2) is 36.9 Å². The highest BCUT2D eigenvalue weighted by Gasteiger charge is 2.01. The van der Waals surface area contributed by atoms with Crippen molar-refractivity contribution in [3.8, 4) is 6.07 Å². The van der Waals surface area contributed by atoms with Gasteiger partial charge in [-0.2, -0.15) is 5.26 Å². The summed E-state index contributed by atoms with van der Waals surface area (Å²) in [6, 6.07) is 6.33. The molecule has 0 bridgehead atoms. The van der Waals surface area contributed by atoms with Gasteiger partial charge in [0, 0.05) is 31.2 Å². The van der Waals surface area contributed by atoms with Gasteiger partial charge in [-0.15, -0.1) is 0 Å². The van der Waals surface area contributed by atoms with Crippen molar-refractivity contribution in [3.63, 3.8) is 0 Å². The summed E-state index contributed by atoms with van der Waals surface area (Å²) >= 11 is 0. The minimum atomic E-state index is -0.489. The second-order valence-electron chi connectivity index (χ2n) is 3.89. The Labute approximate surface area is 105 Å². The number of aryl methyl sites for hydroxylation is 1. The number of rotatable bonds is 5. The molecule has 0 fully saturated rings. The summed E-state index contributed by atoms with van der Waals surface area (Å²) in [7, 11) is 0. The Kier molecular flexibility index (Phi) is 3.92. The second kappa shape index (κ2) is 5.82. The average Bonchev–Trinajstić information content (AvgIpc) is 2.88. The van der Waals surface area contributed by atoms with E-state index in [4.69, 9.17) is 5.26 Å². The third-order valence-electron chi connectivity index (χ3n) is 2.57. The van der Waals surface area contributed by atoms with Gasteiger partial charge in [0.25, 0.3) is 0 Å². The molecule has 0 saturated carbocycles. The molecule has 0 aliphatic carbocycles. The molecule has 18 heavy (non-hydrogen) atoms. The molecule has 1 heterocycles. The van der Waals surface area contributed by atoms with Gasteiger partial charge < -0.3 is 9.88 Å². The van der Waals surface area contributed by atoms with Gasteiger partial charge in [-0.3, -0.25) is 0 Å². The van der Waals surface area contributed by atoms with Gasteiger partial charge in [0.1, 0.15) is 11.9 Å². The Hall–Kier alpha value is -2.35. The molecule has 4 nitrogen and oxygen atoms in total. The highest BCUT2D eigenvalue weighted by atomic mass is 19.1. The normalized spacial score (nSPS) is 10.0. The summed E-state index contributed by atoms with van der Waals surface area (Å²) in [5, 5.41) is 11.7. The van der Waals surface area contributed by atoms with Gasteiger partial charge in [0.05, 0.1) is 11.9 Å². The Balaban J connectivity index is 1.80. The van der Waals surface area contributed by atoms with Crippen molar-refractivity contribution in [1.29, 1.82) is 5.26 Å². The van der Waals surface area contributed by atoms with Gasteiger partial charge in [-0.05, 0) is 24.6 Å². The standard InChI is InChI=1S/C13H13FN4/c14-13-8-12(3-2-11(13)9-15)17-4-1-6-18-7-5-16-10-18/h2-3,5,7-8,10,17H,1,4,6H2. The average molecular weight is 244 g/mol. The van der Waals surface area contributed by atoms with Crippen molar-refractivity contribution in [2.24, 2.45) is 0 Å². The zero-order valence-corrected chi connectivity index (χ0v) is 9.81. The zero-order chi connectivity index (χ0) is 12.8. The Morgan fingerprint density at radius 2 is 2.33 bits per heavy atom. The maximum Gasteiger partial charge on any atom is 0.143 e. The summed E-state index contributed by atoms with van der Waals surface area (Å²) in [6.45, 7) is 1.61. The number of hydrogen-bond donors (Lipinski definition) is 1. The smallest absolute Gasteiger partial charge is 0.143 e. The molecule has 0 saturated heterocycles. The summed E-state index contributed by atoms with van der Waals surface area (Å²) in [5.74, 6) is -0.489. The number of imidazole rings is 1. The molecule has 1 aromatic heterocycles. The van der Waals surface area contributed by atoms with Crippen LogP contribution >= 0.6 is 0 Å². The number of hydrogen-bond acceptors (Lipinski definition) is 3. The molecule has 1 aromatic carbocycles. The number of nitrogens with one attached hydrogen (secondary N) is 1. The van der Waals surface area contributed by atoms with Crippen LogP contribution in [0.2, 0.25) is 0 Å². The fourth-order valence-corrected chi connectivity index (χ4v) is 1.63. The van der Waals surface area contributed by atoms with E-state index in [2.05, 4.69) is 10.3 Å². The molecule has 0 amide bonds. The molecular formula is C13H13FN4. The molecule has 5 heteroatoms. The lowest BCUT2D eigenvalue weighted by Crippen LogP contribution is -2.06. The second-order valence-corrected chi connectivity index (χ2v) is 3.89. The first-order valence-corrected chi connectivity index (χ1v) is 5.69. The number of anilines is 1. The van der Waals surface area contributed by atoms with Gasteiger partial charge in [-0.25, -0.2) is 9.37 Å². The van der Waals surface area contributed by atoms with Crippen LogP contribution in [0.4, 0.5) is 10.1 Å². The lowest BCUT2D eigenvalue weighted by Gasteiger charge is -2.07. The fourth-order valence-electron chi connectivity index (χ4n) is 1.63. The number of halogens is 1. The maximum absolute atomic E-state index is 13.3. The van der Waals surface area contributed by atoms with Crippen molar-refractivity contribution in [3.05, 3.63) is 48.3 Å². The van der Waals surface area contributed by atoms with E-state index in [1.165, 1.54) is 12.1 Å². The van der Waals surface area contributed by atoms with Crippen molar-refractivity contribution in [1.82, 2.24) is 9.55 Å². The van der Waals surface area contributed by atoms with E-state index in [9.17, 15) is 4.39 Å². The summed E-state index contributed by atoms with van der Waals surface area (Å²) in [6.07, 6.45) is 6.32. The third-order valence-corrected chi connectivity index (χ3v) is 2.57. The molecular weight excluding hydrogens is 231 g/mol. The van der Waals surface area contributed by atoms with Crippen molar-refractivity contribution in [2.75, 3.05) is 11.9 Å². The molecule has 0 aliphatic heterocycles. The molecule has 1 N–H and O–H groups in total. The molecule has 2 rings (SSSR count). The Bertz CT molecular complexity index is 543. The van der Waals surface area contributed by atoms with E-state index in [0.717, 1.165) is 19.5 Å². The van der Waals surface area contributed by atoms with Crippen LogP contribution in [-0.2, 0) is 6.54 Å². The van der Waals surface area contributed by atoms with E-state index in [1.54, 1.807) is 24.7 Å². The molecule has 0 unspecified atom stereocenters. The highest BCUT2D eigenvalue weighted by Crippen LogP contribution is 2.13. The number of benzene rings is 1. The molecule has 0 aliphatic rings. The first-order valence-electron chi connectivity index (χ1n) is 5.69. The van der Waals surface area contributed by atoms with Crippen LogP contribution in [0, 0.1) is 17.1 Å². The quantitative estimate of drug-likeness (QED) is 0.822. The van der Waals surface area contributed by atoms with Crippen LogP contribution in [0.3, 0.4) is 0 Å². The molecule has 0 atom stereocenters. The predicted octanol–water partition coefficient (Wildman–Crippen LogP) is 2.40. The van der Waals surface area contributed by atoms with Gasteiger partial charge in [0.2, 0.25) is 0 Å². The van der Waals surface area contributed by atoms with Crippen molar-refractivity contribution < 1.29 is 4.39 Å². The monoisotopic (exact) mass is 244 g/mol. The van der Waals surface area contributed by atoms with Crippen molar-refractivity contribution in [2.45, 2.75) is 13.0 Å².